The first-order valence-electron chi connectivity index (χ1n) is 4.34. The van der Waals surface area contributed by atoms with Crippen LogP contribution in [0.25, 0.3) is 0 Å². The lowest BCUT2D eigenvalue weighted by molar-refractivity contribution is 0.405. The third-order valence-corrected chi connectivity index (χ3v) is 4.43. The summed E-state index contributed by atoms with van der Waals surface area (Å²) in [6, 6.07) is 0. The minimum atomic E-state index is -1.04. The van der Waals surface area contributed by atoms with Gasteiger partial charge in [-0.15, -0.1) is 0 Å². The van der Waals surface area contributed by atoms with Gasteiger partial charge in [-0.1, -0.05) is 31.8 Å². The van der Waals surface area contributed by atoms with Crippen molar-refractivity contribution in [2.45, 2.75) is 26.9 Å². The van der Waals surface area contributed by atoms with Crippen molar-refractivity contribution in [3.05, 3.63) is 11.8 Å². The monoisotopic (exact) mass is 171 g/mol. The average Bonchev–Trinajstić information content (AvgIpc) is 1.86. The molecule has 0 heterocycles. The van der Waals surface area contributed by atoms with E-state index < -0.39 is 8.07 Å². The second-order valence-electron chi connectivity index (χ2n) is 3.82. The Bertz CT molecular complexity index is 130. The third-order valence-electron chi connectivity index (χ3n) is 1.84. The quantitative estimate of drug-likeness (QED) is 0.587. The number of rotatable bonds is 4. The molecule has 0 fully saturated rings. The Morgan fingerprint density at radius 2 is 1.91 bits per heavy atom. The fourth-order valence-corrected chi connectivity index (χ4v) is 3.93. The molecule has 1 nitrogen and oxygen atoms in total. The van der Waals surface area contributed by atoms with Crippen molar-refractivity contribution in [3.63, 3.8) is 0 Å². The highest BCUT2D eigenvalue weighted by molar-refractivity contribution is 6.82. The summed E-state index contributed by atoms with van der Waals surface area (Å²) in [7, 11) is 1.15. The maximum absolute atomic E-state index is 2.40. The van der Waals surface area contributed by atoms with E-state index in [0.29, 0.717) is 0 Å². The van der Waals surface area contributed by atoms with Crippen LogP contribution in [0, 0.1) is 0 Å². The SMILES string of the molecule is C/C=C\[Si](C)(C)CN(C)CC. The van der Waals surface area contributed by atoms with Crippen LogP contribution in [-0.2, 0) is 0 Å². The van der Waals surface area contributed by atoms with E-state index in [9.17, 15) is 0 Å². The molecule has 0 aromatic heterocycles. The molecule has 0 spiro atoms. The normalized spacial score (nSPS) is 13.3. The summed E-state index contributed by atoms with van der Waals surface area (Å²) in [5.74, 6) is 0. The largest absolute Gasteiger partial charge is 0.309 e. The van der Waals surface area contributed by atoms with Crippen molar-refractivity contribution in [3.8, 4) is 0 Å². The zero-order valence-corrected chi connectivity index (χ0v) is 9.52. The van der Waals surface area contributed by atoms with Crippen LogP contribution in [0.5, 0.6) is 0 Å². The van der Waals surface area contributed by atoms with Gasteiger partial charge >= 0.3 is 0 Å². The second-order valence-corrected chi connectivity index (χ2v) is 8.45. The van der Waals surface area contributed by atoms with Crippen LogP contribution in [0.1, 0.15) is 13.8 Å². The van der Waals surface area contributed by atoms with Crippen molar-refractivity contribution >= 4 is 8.07 Å². The van der Waals surface area contributed by atoms with E-state index in [0.717, 1.165) is 6.54 Å². The van der Waals surface area contributed by atoms with E-state index in [4.69, 9.17) is 0 Å². The van der Waals surface area contributed by atoms with Gasteiger partial charge in [0.05, 0.1) is 8.07 Å². The fourth-order valence-electron chi connectivity index (χ4n) is 1.31. The molecule has 66 valence electrons. The summed E-state index contributed by atoms with van der Waals surface area (Å²) >= 11 is 0. The summed E-state index contributed by atoms with van der Waals surface area (Å²) in [4.78, 5) is 2.40. The van der Waals surface area contributed by atoms with Crippen molar-refractivity contribution in [1.29, 1.82) is 0 Å². The smallest absolute Gasteiger partial charge is 0.0857 e. The molecule has 0 rings (SSSR count). The van der Waals surface area contributed by atoms with Gasteiger partial charge in [0.25, 0.3) is 0 Å². The summed E-state index contributed by atoms with van der Waals surface area (Å²) < 4.78 is 0. The van der Waals surface area contributed by atoms with Gasteiger partial charge in [0.1, 0.15) is 0 Å². The molecule has 0 aliphatic carbocycles. The topological polar surface area (TPSA) is 3.24 Å². The van der Waals surface area contributed by atoms with Gasteiger partial charge in [0.15, 0.2) is 0 Å². The van der Waals surface area contributed by atoms with Gasteiger partial charge in [0.2, 0.25) is 0 Å². The molecule has 0 aromatic rings. The molecule has 0 aliphatic rings. The molecule has 11 heavy (non-hydrogen) atoms. The van der Waals surface area contributed by atoms with Crippen LogP contribution in [0.15, 0.2) is 11.8 Å². The van der Waals surface area contributed by atoms with Gasteiger partial charge in [0, 0.05) is 0 Å². The molecule has 0 amide bonds. The summed E-state index contributed by atoms with van der Waals surface area (Å²) in [5, 5.41) is 0. The molecule has 0 aliphatic heterocycles. The van der Waals surface area contributed by atoms with E-state index in [2.05, 4.69) is 50.7 Å². The zero-order valence-electron chi connectivity index (χ0n) is 8.52. The average molecular weight is 171 g/mol. The molecule has 0 radical (unpaired) electrons. The third kappa shape index (κ3) is 5.22. The van der Waals surface area contributed by atoms with Crippen LogP contribution in [0.3, 0.4) is 0 Å². The number of hydrogen-bond acceptors (Lipinski definition) is 1. The second kappa shape index (κ2) is 4.73. The minimum absolute atomic E-state index is 1.04. The molecular formula is C9H21NSi. The van der Waals surface area contributed by atoms with Gasteiger partial charge in [-0.25, -0.2) is 0 Å². The van der Waals surface area contributed by atoms with Crippen LogP contribution in [0.4, 0.5) is 0 Å². The van der Waals surface area contributed by atoms with E-state index in [1.165, 1.54) is 6.17 Å². The standard InChI is InChI=1S/C9H21NSi/c1-6-8-11(4,5)9-10(3)7-2/h6,8H,7,9H2,1-5H3/b8-6-. The van der Waals surface area contributed by atoms with Crippen molar-refractivity contribution < 1.29 is 0 Å². The Kier molecular flexibility index (Phi) is 4.69. The van der Waals surface area contributed by atoms with E-state index >= 15 is 0 Å². The van der Waals surface area contributed by atoms with Crippen LogP contribution >= 0.6 is 0 Å². The lowest BCUT2D eigenvalue weighted by atomic mass is 10.7. The maximum Gasteiger partial charge on any atom is 0.0857 e. The maximum atomic E-state index is 2.40. The Morgan fingerprint density at radius 3 is 2.27 bits per heavy atom. The molecular weight excluding hydrogens is 150 g/mol. The lowest BCUT2D eigenvalue weighted by Gasteiger charge is -2.24. The van der Waals surface area contributed by atoms with Crippen LogP contribution in [-0.4, -0.2) is 32.7 Å². The minimum Gasteiger partial charge on any atom is -0.309 e. The molecule has 2 heteroatoms. The Balaban J connectivity index is 3.90. The van der Waals surface area contributed by atoms with Gasteiger partial charge < -0.3 is 4.90 Å². The van der Waals surface area contributed by atoms with Crippen molar-refractivity contribution in [2.75, 3.05) is 19.8 Å². The molecule has 0 saturated heterocycles. The molecule has 0 aromatic carbocycles. The molecule has 0 N–H and O–H groups in total. The van der Waals surface area contributed by atoms with Gasteiger partial charge in [-0.3, -0.25) is 0 Å². The fraction of sp³-hybridized carbons (Fsp3) is 0.778. The number of hydrogen-bond donors (Lipinski definition) is 0. The highest BCUT2D eigenvalue weighted by Gasteiger charge is 2.17. The van der Waals surface area contributed by atoms with Crippen molar-refractivity contribution in [1.82, 2.24) is 4.90 Å². The molecule has 0 atom stereocenters. The molecule has 0 saturated carbocycles. The highest BCUT2D eigenvalue weighted by atomic mass is 28.3. The van der Waals surface area contributed by atoms with E-state index in [-0.39, 0.29) is 0 Å². The van der Waals surface area contributed by atoms with Gasteiger partial charge in [-0.2, -0.15) is 0 Å². The zero-order chi connectivity index (χ0) is 8.91. The first-order chi connectivity index (χ1) is 5.02. The summed E-state index contributed by atoms with van der Waals surface area (Å²) in [6.07, 6.45) is 3.46. The first kappa shape index (κ1) is 10.9. The number of allylic oxidation sites excluding steroid dienone is 1. The van der Waals surface area contributed by atoms with Gasteiger partial charge in [-0.05, 0) is 26.7 Å². The summed E-state index contributed by atoms with van der Waals surface area (Å²) in [5.41, 5.74) is 2.40. The predicted molar refractivity (Wildman–Crippen MR) is 55.5 cm³/mol. The molecule has 0 bridgehead atoms. The predicted octanol–water partition coefficient (Wildman–Crippen LogP) is 2.30. The van der Waals surface area contributed by atoms with E-state index in [1.54, 1.807) is 0 Å². The Hall–Kier alpha value is -0.0831. The Labute approximate surface area is 72.1 Å². The summed E-state index contributed by atoms with van der Waals surface area (Å²) in [6.45, 7) is 10.3. The van der Waals surface area contributed by atoms with Crippen LogP contribution in [0.2, 0.25) is 13.1 Å². The van der Waals surface area contributed by atoms with Crippen LogP contribution < -0.4 is 0 Å². The van der Waals surface area contributed by atoms with E-state index in [1.807, 2.05) is 0 Å². The first-order valence-corrected chi connectivity index (χ1v) is 7.62. The number of nitrogens with zero attached hydrogens (tertiary/aromatic N) is 1. The molecule has 0 unspecified atom stereocenters. The Morgan fingerprint density at radius 1 is 1.36 bits per heavy atom. The van der Waals surface area contributed by atoms with Crippen molar-refractivity contribution in [2.24, 2.45) is 0 Å². The highest BCUT2D eigenvalue weighted by Crippen LogP contribution is 2.05. The lowest BCUT2D eigenvalue weighted by Crippen LogP contribution is -2.39.